The van der Waals surface area contributed by atoms with E-state index in [1.165, 1.54) is 122 Å². The van der Waals surface area contributed by atoms with Gasteiger partial charge >= 0.3 is 0 Å². The number of dihydropyridines is 1. The maximum atomic E-state index is 6.18. The number of benzene rings is 2. The van der Waals surface area contributed by atoms with E-state index in [1.54, 1.807) is 39.1 Å². The maximum absolute atomic E-state index is 6.18. The Hall–Kier alpha value is -3.19. The highest BCUT2D eigenvalue weighted by Gasteiger charge is 2.59. The summed E-state index contributed by atoms with van der Waals surface area (Å²) >= 11 is 0. The fourth-order valence-corrected chi connectivity index (χ4v) is 16.8. The third-order valence-electron chi connectivity index (χ3n) is 20.3. The number of hydrogen-bond donors (Lipinski definition) is 0. The molecule has 13 atom stereocenters. The van der Waals surface area contributed by atoms with E-state index in [0.29, 0.717) is 46.8 Å². The SMILES string of the molecule is CC/C(=C\CCC(C)C1=C2C=CC3CC4CCC3(C4)C2=NC(C)(C2CCCCC2CC)C1C)C1C=C(C2CC(C3CCCCC3)CC(c3ccccc3)CC2c2ccccc2)C=CC1. The quantitative estimate of drug-likeness (QED) is 0.149. The van der Waals surface area contributed by atoms with E-state index in [-0.39, 0.29) is 5.54 Å². The summed E-state index contributed by atoms with van der Waals surface area (Å²) in [5.74, 6) is 8.15. The molecule has 1 aliphatic heterocycles. The molecule has 64 heavy (non-hydrogen) atoms. The molecule has 1 nitrogen and oxygen atoms in total. The van der Waals surface area contributed by atoms with E-state index < -0.39 is 0 Å². The highest BCUT2D eigenvalue weighted by atomic mass is 14.9. The molecule has 13 unspecified atom stereocenters. The van der Waals surface area contributed by atoms with Crippen LogP contribution in [0, 0.1) is 64.6 Å². The van der Waals surface area contributed by atoms with Gasteiger partial charge in [0.2, 0.25) is 0 Å². The third kappa shape index (κ3) is 8.42. The van der Waals surface area contributed by atoms with E-state index in [2.05, 4.69) is 132 Å². The number of aliphatic imine (C=N–C) groups is 1. The molecule has 0 amide bonds. The van der Waals surface area contributed by atoms with Gasteiger partial charge in [0, 0.05) is 23.0 Å². The van der Waals surface area contributed by atoms with Gasteiger partial charge in [-0.15, -0.1) is 0 Å². The van der Waals surface area contributed by atoms with Crippen molar-refractivity contribution >= 4 is 5.71 Å². The summed E-state index contributed by atoms with van der Waals surface area (Å²) in [6, 6.07) is 23.4. The molecule has 2 aromatic carbocycles. The minimum Gasteiger partial charge on any atom is -0.281 e. The lowest BCUT2D eigenvalue weighted by Gasteiger charge is -2.53. The Kier molecular flexibility index (Phi) is 13.4. The predicted octanol–water partition coefficient (Wildman–Crippen LogP) is 17.5. The summed E-state index contributed by atoms with van der Waals surface area (Å²) in [6.07, 6.45) is 44.4. The van der Waals surface area contributed by atoms with Gasteiger partial charge in [0.1, 0.15) is 0 Å². The van der Waals surface area contributed by atoms with E-state index >= 15 is 0 Å². The molecule has 2 bridgehead atoms. The second-order valence-corrected chi connectivity index (χ2v) is 23.4. The van der Waals surface area contributed by atoms with Crippen LogP contribution in [-0.4, -0.2) is 11.3 Å². The average Bonchev–Trinajstić information content (AvgIpc) is 3.87. The zero-order chi connectivity index (χ0) is 43.8. The molecule has 0 radical (unpaired) electrons. The maximum Gasteiger partial charge on any atom is 0.0677 e. The van der Waals surface area contributed by atoms with E-state index in [1.807, 2.05) is 0 Å². The molecule has 10 rings (SSSR count). The smallest absolute Gasteiger partial charge is 0.0677 e. The molecule has 5 saturated carbocycles. The molecule has 5 fully saturated rings. The average molecular weight is 856 g/mol. The lowest BCUT2D eigenvalue weighted by Crippen LogP contribution is -2.52. The number of allylic oxidation sites excluding steroid dienone is 9. The summed E-state index contributed by atoms with van der Waals surface area (Å²) in [5, 5.41) is 0. The van der Waals surface area contributed by atoms with Gasteiger partial charge in [0.15, 0.2) is 0 Å². The van der Waals surface area contributed by atoms with E-state index in [4.69, 9.17) is 4.99 Å². The van der Waals surface area contributed by atoms with Crippen LogP contribution >= 0.6 is 0 Å². The molecule has 1 heteroatoms. The van der Waals surface area contributed by atoms with Gasteiger partial charge in [-0.25, -0.2) is 0 Å². The first-order chi connectivity index (χ1) is 31.3. The van der Waals surface area contributed by atoms with Crippen molar-refractivity contribution < 1.29 is 0 Å². The molecule has 342 valence electrons. The third-order valence-corrected chi connectivity index (χ3v) is 20.3. The lowest BCUT2D eigenvalue weighted by atomic mass is 9.57. The first-order valence-corrected chi connectivity index (χ1v) is 27.5. The summed E-state index contributed by atoms with van der Waals surface area (Å²) in [4.78, 5) is 6.18. The molecular formula is C63H85N. The number of hydrogen-bond acceptors (Lipinski definition) is 1. The molecule has 0 N–H and O–H groups in total. The summed E-state index contributed by atoms with van der Waals surface area (Å²) < 4.78 is 0. The molecular weight excluding hydrogens is 771 g/mol. The van der Waals surface area contributed by atoms with Crippen molar-refractivity contribution in [3.05, 3.63) is 131 Å². The normalized spacial score (nSPS) is 38.3. The molecule has 0 aromatic heterocycles. The van der Waals surface area contributed by atoms with Crippen LogP contribution in [0.1, 0.15) is 192 Å². The van der Waals surface area contributed by atoms with Crippen molar-refractivity contribution in [2.75, 3.05) is 0 Å². The predicted molar refractivity (Wildman–Crippen MR) is 273 cm³/mol. The lowest BCUT2D eigenvalue weighted by molar-refractivity contribution is 0.104. The largest absolute Gasteiger partial charge is 0.281 e. The molecule has 1 spiro atoms. The number of rotatable bonds is 12. The Bertz CT molecular complexity index is 2100. The van der Waals surface area contributed by atoms with Crippen LogP contribution in [0.2, 0.25) is 0 Å². The Morgan fingerprint density at radius 3 is 2.30 bits per heavy atom. The minimum absolute atomic E-state index is 0.0153. The van der Waals surface area contributed by atoms with Gasteiger partial charge in [-0.1, -0.05) is 194 Å². The first-order valence-electron chi connectivity index (χ1n) is 27.5. The van der Waals surface area contributed by atoms with Crippen LogP contribution in [0.25, 0.3) is 0 Å². The van der Waals surface area contributed by atoms with Crippen molar-refractivity contribution in [3.8, 4) is 0 Å². The van der Waals surface area contributed by atoms with Crippen molar-refractivity contribution in [2.24, 2.45) is 69.6 Å². The van der Waals surface area contributed by atoms with Gasteiger partial charge in [-0.3, -0.25) is 4.99 Å². The molecule has 1 heterocycles. The van der Waals surface area contributed by atoms with Gasteiger partial charge in [-0.05, 0) is 165 Å². The Morgan fingerprint density at radius 2 is 1.55 bits per heavy atom. The Morgan fingerprint density at radius 1 is 0.797 bits per heavy atom. The zero-order valence-electron chi connectivity index (χ0n) is 41.0. The second kappa shape index (κ2) is 19.2. The first kappa shape index (κ1) is 44.6. The van der Waals surface area contributed by atoms with Crippen molar-refractivity contribution in [1.29, 1.82) is 0 Å². The minimum atomic E-state index is 0.0153. The van der Waals surface area contributed by atoms with E-state index in [9.17, 15) is 0 Å². The van der Waals surface area contributed by atoms with Crippen molar-refractivity contribution in [3.63, 3.8) is 0 Å². The highest BCUT2D eigenvalue weighted by Crippen LogP contribution is 2.64. The van der Waals surface area contributed by atoms with Crippen LogP contribution in [0.4, 0.5) is 0 Å². The number of fused-ring (bicyclic) bond motifs is 2. The van der Waals surface area contributed by atoms with E-state index in [0.717, 1.165) is 42.4 Å². The molecule has 8 aliphatic rings. The van der Waals surface area contributed by atoms with Crippen molar-refractivity contribution in [2.45, 2.75) is 187 Å². The van der Waals surface area contributed by atoms with Crippen molar-refractivity contribution in [1.82, 2.24) is 0 Å². The van der Waals surface area contributed by atoms with Gasteiger partial charge in [0.25, 0.3) is 0 Å². The fourth-order valence-electron chi connectivity index (χ4n) is 16.8. The monoisotopic (exact) mass is 856 g/mol. The zero-order valence-corrected chi connectivity index (χ0v) is 41.0. The number of nitrogens with zero attached hydrogens (tertiary/aromatic N) is 1. The summed E-state index contributed by atoms with van der Waals surface area (Å²) in [7, 11) is 0. The topological polar surface area (TPSA) is 12.4 Å². The Labute approximate surface area is 391 Å². The summed E-state index contributed by atoms with van der Waals surface area (Å²) in [6.45, 7) is 12.8. The molecule has 0 saturated heterocycles. The molecule has 7 aliphatic carbocycles. The molecule has 2 aromatic rings. The summed E-state index contributed by atoms with van der Waals surface area (Å²) in [5.41, 5.74) is 11.8. The van der Waals surface area contributed by atoms with Gasteiger partial charge < -0.3 is 0 Å². The Balaban J connectivity index is 0.928. The standard InChI is InChI=1S/C63H85N/c1-6-46(29-19-21-43(3)60-44(4)62(5,59-32-18-17-22-47(59)7-2)64-61-56(60)34-33-55-37-45-35-36-63(55,61)42-45)51-30-20-31-52(38-51)58-41-54(49-25-13-9-14-26-49)39-53(48-23-11-8-12-24-48)40-57(58)50-27-15-10-16-28-50/h8,10-12,15-16,20,23-24,27-29,31,33-34,38,43-45,47,49,51,53-55,57-59H,6-7,9,13-14,17-19,21-22,25-26,30,32,35-37,39-42H2,1-5H3/b46-29+. The van der Waals surface area contributed by atoms with Crippen LogP contribution in [0.5, 0.6) is 0 Å². The second-order valence-electron chi connectivity index (χ2n) is 23.4. The fraction of sp³-hybridized carbons (Fsp3) is 0.635. The van der Waals surface area contributed by atoms with Crippen LogP contribution in [0.3, 0.4) is 0 Å². The van der Waals surface area contributed by atoms with Crippen LogP contribution < -0.4 is 0 Å². The van der Waals surface area contributed by atoms with Gasteiger partial charge in [-0.2, -0.15) is 0 Å². The highest BCUT2D eigenvalue weighted by molar-refractivity contribution is 6.10. The van der Waals surface area contributed by atoms with Crippen LogP contribution in [0.15, 0.2) is 124 Å². The van der Waals surface area contributed by atoms with Gasteiger partial charge in [0.05, 0.1) is 5.54 Å². The van der Waals surface area contributed by atoms with Crippen LogP contribution in [-0.2, 0) is 0 Å².